The Kier molecular flexibility index (Phi) is 14.2. The second-order valence-electron chi connectivity index (χ2n) is 5.08. The van der Waals surface area contributed by atoms with E-state index in [2.05, 4.69) is 27.7 Å². The normalized spacial score (nSPS) is 27.9. The predicted molar refractivity (Wildman–Crippen MR) is 82.4 cm³/mol. The van der Waals surface area contributed by atoms with Gasteiger partial charge in [-0.25, -0.2) is 0 Å². The van der Waals surface area contributed by atoms with Gasteiger partial charge in [-0.15, -0.1) is 0 Å². The molecule has 106 valence electrons. The van der Waals surface area contributed by atoms with Crippen LogP contribution in [0.15, 0.2) is 0 Å². The number of unbranched alkanes of at least 4 members (excludes halogenated alkanes) is 1. The molecule has 0 amide bonds. The van der Waals surface area contributed by atoms with E-state index in [-0.39, 0.29) is 0 Å². The minimum Gasteiger partial charge on any atom is -0.0683 e. The second kappa shape index (κ2) is 12.5. The Bertz CT molecular complexity index is 131. The zero-order valence-corrected chi connectivity index (χ0v) is 13.8. The van der Waals surface area contributed by atoms with Crippen molar-refractivity contribution in [1.82, 2.24) is 0 Å². The first kappa shape index (κ1) is 19.3. The minimum atomic E-state index is 1.01. The molecule has 1 aliphatic carbocycles. The molecule has 0 bridgehead atoms. The van der Waals surface area contributed by atoms with E-state index in [9.17, 15) is 0 Å². The first-order chi connectivity index (χ1) is 8.20. The molecule has 0 aromatic carbocycles. The summed E-state index contributed by atoms with van der Waals surface area (Å²) in [4.78, 5) is 0. The van der Waals surface area contributed by atoms with Crippen LogP contribution in [0.1, 0.15) is 87.5 Å². The van der Waals surface area contributed by atoms with Crippen LogP contribution < -0.4 is 0 Å². The molecule has 1 fully saturated rings. The van der Waals surface area contributed by atoms with Crippen molar-refractivity contribution in [3.05, 3.63) is 0 Å². The Morgan fingerprint density at radius 3 is 1.71 bits per heavy atom. The zero-order chi connectivity index (χ0) is 13.8. The summed E-state index contributed by atoms with van der Waals surface area (Å²) in [5.74, 6) is 4.10. The third kappa shape index (κ3) is 6.48. The van der Waals surface area contributed by atoms with Gasteiger partial charge in [-0.3, -0.25) is 0 Å². The van der Waals surface area contributed by atoms with Gasteiger partial charge in [0.1, 0.15) is 0 Å². The van der Waals surface area contributed by atoms with Gasteiger partial charge in [0.25, 0.3) is 0 Å². The maximum atomic E-state index is 2.44. The summed E-state index contributed by atoms with van der Waals surface area (Å²) in [5, 5.41) is 0. The van der Waals surface area contributed by atoms with E-state index in [1.807, 2.05) is 27.7 Å². The highest BCUT2D eigenvalue weighted by atomic mass is 14.4. The first-order valence-corrected chi connectivity index (χ1v) is 8.20. The molecule has 0 aromatic heterocycles. The maximum absolute atomic E-state index is 2.44. The van der Waals surface area contributed by atoms with Crippen LogP contribution in [0.5, 0.6) is 0 Å². The molecule has 0 nitrogen and oxygen atoms in total. The fraction of sp³-hybridized carbons (Fsp3) is 1.00. The van der Waals surface area contributed by atoms with Crippen molar-refractivity contribution in [1.29, 1.82) is 0 Å². The molecule has 17 heavy (non-hydrogen) atoms. The number of hydrogen-bond donors (Lipinski definition) is 0. The minimum absolute atomic E-state index is 1.01. The van der Waals surface area contributed by atoms with Gasteiger partial charge in [-0.2, -0.15) is 0 Å². The van der Waals surface area contributed by atoms with Crippen molar-refractivity contribution in [2.75, 3.05) is 0 Å². The quantitative estimate of drug-likeness (QED) is 0.513. The Morgan fingerprint density at radius 2 is 1.41 bits per heavy atom. The summed E-state index contributed by atoms with van der Waals surface area (Å²) in [5.41, 5.74) is 0. The Hall–Kier alpha value is 0. The zero-order valence-electron chi connectivity index (χ0n) is 13.8. The Balaban J connectivity index is 0. The van der Waals surface area contributed by atoms with Crippen molar-refractivity contribution in [2.45, 2.75) is 87.5 Å². The van der Waals surface area contributed by atoms with Crippen molar-refractivity contribution >= 4 is 0 Å². The van der Waals surface area contributed by atoms with Crippen LogP contribution in [0.3, 0.4) is 0 Å². The van der Waals surface area contributed by atoms with Gasteiger partial charge in [-0.05, 0) is 30.1 Å². The fourth-order valence-electron chi connectivity index (χ4n) is 3.33. The Labute approximate surface area is 112 Å². The van der Waals surface area contributed by atoms with E-state index < -0.39 is 0 Å². The first-order valence-electron chi connectivity index (χ1n) is 8.20. The third-order valence-electron chi connectivity index (χ3n) is 4.05. The molecule has 3 unspecified atom stereocenters. The molecule has 3 atom stereocenters. The molecule has 0 aliphatic heterocycles. The third-order valence-corrected chi connectivity index (χ3v) is 4.05. The fourth-order valence-corrected chi connectivity index (χ4v) is 3.33. The molecule has 0 aromatic rings. The molecule has 0 saturated heterocycles. The summed E-state index contributed by atoms with van der Waals surface area (Å²) < 4.78 is 0. The summed E-state index contributed by atoms with van der Waals surface area (Å²) in [6.07, 6.45) is 7.17. The lowest BCUT2D eigenvalue weighted by Gasteiger charge is -2.46. The summed E-state index contributed by atoms with van der Waals surface area (Å²) in [7, 11) is 0. The van der Waals surface area contributed by atoms with Crippen LogP contribution in [0, 0.1) is 23.7 Å². The van der Waals surface area contributed by atoms with Gasteiger partial charge in [0.05, 0.1) is 0 Å². The van der Waals surface area contributed by atoms with E-state index in [1.165, 1.54) is 32.1 Å². The molecule has 1 saturated carbocycles. The van der Waals surface area contributed by atoms with E-state index in [1.54, 1.807) is 0 Å². The van der Waals surface area contributed by atoms with Crippen LogP contribution >= 0.6 is 0 Å². The highest BCUT2D eigenvalue weighted by molar-refractivity contribution is 4.88. The van der Waals surface area contributed by atoms with Gasteiger partial charge in [0.15, 0.2) is 0 Å². The van der Waals surface area contributed by atoms with Crippen LogP contribution in [0.25, 0.3) is 0 Å². The van der Waals surface area contributed by atoms with Gasteiger partial charge >= 0.3 is 0 Å². The van der Waals surface area contributed by atoms with Crippen molar-refractivity contribution in [3.8, 4) is 0 Å². The molecule has 0 spiro atoms. The van der Waals surface area contributed by atoms with Crippen LogP contribution in [0.4, 0.5) is 0 Å². The molecule has 0 N–H and O–H groups in total. The topological polar surface area (TPSA) is 0 Å². The summed E-state index contributed by atoms with van der Waals surface area (Å²) in [6.45, 7) is 17.6. The average molecular weight is 242 g/mol. The van der Waals surface area contributed by atoms with E-state index >= 15 is 0 Å². The van der Waals surface area contributed by atoms with Gasteiger partial charge in [0, 0.05) is 0 Å². The van der Waals surface area contributed by atoms with Crippen LogP contribution in [0.2, 0.25) is 0 Å². The van der Waals surface area contributed by atoms with Gasteiger partial charge in [-0.1, -0.05) is 81.1 Å². The summed E-state index contributed by atoms with van der Waals surface area (Å²) in [6, 6.07) is 0. The van der Waals surface area contributed by atoms with Crippen molar-refractivity contribution in [3.63, 3.8) is 0 Å². The maximum Gasteiger partial charge on any atom is -0.0334 e. The predicted octanol–water partition coefficient (Wildman–Crippen LogP) is 6.55. The SMILES string of the molecule is CC.CC.CCCCC(CC)C1C(C)CC1C. The molecule has 1 rings (SSSR count). The van der Waals surface area contributed by atoms with Crippen molar-refractivity contribution < 1.29 is 0 Å². The Morgan fingerprint density at radius 1 is 0.941 bits per heavy atom. The monoisotopic (exact) mass is 242 g/mol. The highest BCUT2D eigenvalue weighted by Crippen LogP contribution is 2.46. The van der Waals surface area contributed by atoms with E-state index in [0.717, 1.165) is 23.7 Å². The van der Waals surface area contributed by atoms with Crippen LogP contribution in [-0.2, 0) is 0 Å². The van der Waals surface area contributed by atoms with Crippen molar-refractivity contribution in [2.24, 2.45) is 23.7 Å². The lowest BCUT2D eigenvalue weighted by Crippen LogP contribution is -2.38. The largest absolute Gasteiger partial charge is 0.0683 e. The second-order valence-corrected chi connectivity index (χ2v) is 5.08. The standard InChI is InChI=1S/C13H26.2C2H6/c1-5-7-8-12(6-2)13-10(3)9-11(13)4;2*1-2/h10-13H,5-9H2,1-4H3;2*1-2H3. The number of rotatable bonds is 5. The van der Waals surface area contributed by atoms with E-state index in [4.69, 9.17) is 0 Å². The van der Waals surface area contributed by atoms with Gasteiger partial charge in [0.2, 0.25) is 0 Å². The molecule has 0 heterocycles. The molecular formula is C17H38. The van der Waals surface area contributed by atoms with Crippen LogP contribution in [-0.4, -0.2) is 0 Å². The average Bonchev–Trinajstić information content (AvgIpc) is 2.39. The smallest absolute Gasteiger partial charge is 0.0334 e. The van der Waals surface area contributed by atoms with Gasteiger partial charge < -0.3 is 0 Å². The molecule has 0 heteroatoms. The molecular weight excluding hydrogens is 204 g/mol. The highest BCUT2D eigenvalue weighted by Gasteiger charge is 2.38. The lowest BCUT2D eigenvalue weighted by atomic mass is 9.59. The lowest BCUT2D eigenvalue weighted by molar-refractivity contribution is 0.0350. The van der Waals surface area contributed by atoms with E-state index in [0.29, 0.717) is 0 Å². The summed E-state index contributed by atoms with van der Waals surface area (Å²) >= 11 is 0. The number of hydrogen-bond acceptors (Lipinski definition) is 0. The molecule has 1 aliphatic rings. The molecule has 0 radical (unpaired) electrons.